The number of anilines is 1. The highest BCUT2D eigenvalue weighted by Crippen LogP contribution is 2.30. The molecule has 1 atom stereocenters. The van der Waals surface area contributed by atoms with Crippen LogP contribution >= 0.6 is 35.0 Å². The first-order valence-electron chi connectivity index (χ1n) is 7.54. The number of rotatable bonds is 5. The number of carbonyl (C=O) groups is 3. The number of esters is 1. The van der Waals surface area contributed by atoms with Crippen molar-refractivity contribution >= 4 is 69.3 Å². The second-order valence-electron chi connectivity index (χ2n) is 5.11. The molecule has 7 nitrogen and oxygen atoms in total. The van der Waals surface area contributed by atoms with Gasteiger partial charge in [0.2, 0.25) is 5.91 Å². The Bertz CT molecular complexity index is 811. The number of amides is 3. The molecule has 0 bridgehead atoms. The first-order chi connectivity index (χ1) is 12.3. The van der Waals surface area contributed by atoms with E-state index in [1.54, 1.807) is 32.0 Å². The van der Waals surface area contributed by atoms with Crippen molar-refractivity contribution < 1.29 is 19.1 Å². The maximum absolute atomic E-state index is 12.2. The quantitative estimate of drug-likeness (QED) is 0.736. The Morgan fingerprint density at radius 1 is 1.31 bits per heavy atom. The molecular formula is C16H15Cl2N3O4S. The van der Waals surface area contributed by atoms with Gasteiger partial charge in [-0.1, -0.05) is 41.0 Å². The minimum Gasteiger partial charge on any atom is -0.465 e. The smallest absolute Gasteiger partial charge is 0.367 e. The monoisotopic (exact) mass is 415 g/mol. The molecule has 1 aromatic rings. The average Bonchev–Trinajstić information content (AvgIpc) is 2.56. The fraction of sp³-hybridized carbons (Fsp3) is 0.312. The Labute approximate surface area is 164 Å². The maximum Gasteiger partial charge on any atom is 0.367 e. The maximum atomic E-state index is 12.2. The van der Waals surface area contributed by atoms with Crippen LogP contribution in [0.5, 0.6) is 0 Å². The number of halogens is 2. The predicted octanol–water partition coefficient (Wildman–Crippen LogP) is 3.84. The molecule has 1 aliphatic heterocycles. The van der Waals surface area contributed by atoms with Gasteiger partial charge in [-0.25, -0.2) is 4.79 Å². The number of aliphatic imine (C=N–C) groups is 2. The van der Waals surface area contributed by atoms with Crippen LogP contribution < -0.4 is 5.32 Å². The van der Waals surface area contributed by atoms with Gasteiger partial charge in [0.1, 0.15) is 5.92 Å². The first-order valence-corrected chi connectivity index (χ1v) is 9.28. The number of carbonyl (C=O) groups excluding carboxylic acids is 3. The normalized spacial score (nSPS) is 16.6. The summed E-state index contributed by atoms with van der Waals surface area (Å²) in [4.78, 5) is 43.3. The van der Waals surface area contributed by atoms with Crippen LogP contribution in [-0.4, -0.2) is 41.0 Å². The predicted molar refractivity (Wildman–Crippen MR) is 104 cm³/mol. The summed E-state index contributed by atoms with van der Waals surface area (Å²) < 4.78 is 4.99. The van der Waals surface area contributed by atoms with Crippen LogP contribution in [0.3, 0.4) is 0 Å². The van der Waals surface area contributed by atoms with Crippen LogP contribution in [0.1, 0.15) is 13.8 Å². The number of hydrogen-bond acceptors (Lipinski definition) is 5. The molecule has 0 saturated heterocycles. The van der Waals surface area contributed by atoms with Gasteiger partial charge in [0.05, 0.1) is 33.1 Å². The van der Waals surface area contributed by atoms with Gasteiger partial charge in [-0.15, -0.1) is 0 Å². The highest BCUT2D eigenvalue weighted by atomic mass is 35.5. The SMILES string of the molecule is CCOC(=O)C1C(C)=NC(=O)N=C1SCC(=O)Nc1cccc(Cl)c1Cl. The lowest BCUT2D eigenvalue weighted by molar-refractivity contribution is -0.143. The van der Waals surface area contributed by atoms with Crippen LogP contribution in [0.4, 0.5) is 10.5 Å². The first kappa shape index (κ1) is 20.4. The lowest BCUT2D eigenvalue weighted by Gasteiger charge is -2.19. The molecule has 1 N–H and O–H groups in total. The van der Waals surface area contributed by atoms with Crippen molar-refractivity contribution in [2.45, 2.75) is 13.8 Å². The van der Waals surface area contributed by atoms with E-state index in [0.717, 1.165) is 11.8 Å². The lowest BCUT2D eigenvalue weighted by Crippen LogP contribution is -2.34. The molecule has 0 aromatic heterocycles. The molecule has 1 aliphatic rings. The van der Waals surface area contributed by atoms with E-state index < -0.39 is 23.8 Å². The number of nitrogens with zero attached hydrogens (tertiary/aromatic N) is 2. The number of hydrogen-bond donors (Lipinski definition) is 1. The number of urea groups is 1. The van der Waals surface area contributed by atoms with Crippen molar-refractivity contribution in [1.29, 1.82) is 0 Å². The molecule has 0 fully saturated rings. The number of ether oxygens (including phenoxy) is 1. The molecule has 3 amide bonds. The van der Waals surface area contributed by atoms with Crippen LogP contribution in [0, 0.1) is 5.92 Å². The van der Waals surface area contributed by atoms with Crippen molar-refractivity contribution in [2.24, 2.45) is 15.9 Å². The summed E-state index contributed by atoms with van der Waals surface area (Å²) in [6.45, 7) is 3.40. The van der Waals surface area contributed by atoms with Gasteiger partial charge in [-0.05, 0) is 26.0 Å². The Hall–Kier alpha value is -1.90. The molecule has 138 valence electrons. The van der Waals surface area contributed by atoms with E-state index >= 15 is 0 Å². The standard InChI is InChI=1S/C16H15Cl2N3O4S/c1-3-25-15(23)12-8(2)19-16(24)21-14(12)26-7-11(22)20-10-6-4-5-9(17)13(10)18/h4-6,12H,3,7H2,1-2H3,(H,20,22). The molecule has 2 rings (SSSR count). The lowest BCUT2D eigenvalue weighted by atomic mass is 10.1. The van der Waals surface area contributed by atoms with Crippen LogP contribution in [0.2, 0.25) is 10.0 Å². The van der Waals surface area contributed by atoms with Crippen molar-refractivity contribution in [2.75, 3.05) is 17.7 Å². The van der Waals surface area contributed by atoms with Gasteiger partial charge in [0.15, 0.2) is 0 Å². The summed E-state index contributed by atoms with van der Waals surface area (Å²) in [5.74, 6) is -1.93. The largest absolute Gasteiger partial charge is 0.465 e. The highest BCUT2D eigenvalue weighted by molar-refractivity contribution is 8.14. The van der Waals surface area contributed by atoms with E-state index in [4.69, 9.17) is 27.9 Å². The third kappa shape index (κ3) is 5.06. The van der Waals surface area contributed by atoms with Gasteiger partial charge in [-0.3, -0.25) is 9.59 Å². The Kier molecular flexibility index (Phi) is 7.19. The average molecular weight is 416 g/mol. The van der Waals surface area contributed by atoms with E-state index in [2.05, 4.69) is 15.3 Å². The van der Waals surface area contributed by atoms with E-state index in [-0.39, 0.29) is 28.1 Å². The fourth-order valence-electron chi connectivity index (χ4n) is 2.12. The van der Waals surface area contributed by atoms with E-state index in [1.807, 2.05) is 0 Å². The summed E-state index contributed by atoms with van der Waals surface area (Å²) in [6.07, 6.45) is 0. The topological polar surface area (TPSA) is 97.2 Å². The van der Waals surface area contributed by atoms with Crippen molar-refractivity contribution in [3.8, 4) is 0 Å². The minimum absolute atomic E-state index is 0.0852. The number of nitrogens with one attached hydrogen (secondary N) is 1. The zero-order valence-electron chi connectivity index (χ0n) is 13.9. The van der Waals surface area contributed by atoms with Crippen LogP contribution in [-0.2, 0) is 14.3 Å². The summed E-state index contributed by atoms with van der Waals surface area (Å²) in [5, 5.41) is 3.33. The van der Waals surface area contributed by atoms with Crippen LogP contribution in [0.25, 0.3) is 0 Å². The zero-order chi connectivity index (χ0) is 19.3. The minimum atomic E-state index is -0.889. The van der Waals surface area contributed by atoms with Crippen LogP contribution in [0.15, 0.2) is 28.2 Å². The summed E-state index contributed by atoms with van der Waals surface area (Å²) in [7, 11) is 0. The second-order valence-corrected chi connectivity index (χ2v) is 6.89. The van der Waals surface area contributed by atoms with E-state index in [1.165, 1.54) is 0 Å². The van der Waals surface area contributed by atoms with Crippen molar-refractivity contribution in [3.63, 3.8) is 0 Å². The summed E-state index contributed by atoms with van der Waals surface area (Å²) in [5.41, 5.74) is 0.648. The molecule has 0 aliphatic carbocycles. The van der Waals surface area contributed by atoms with E-state index in [9.17, 15) is 14.4 Å². The molecule has 0 spiro atoms. The molecule has 10 heteroatoms. The van der Waals surface area contributed by atoms with Gasteiger partial charge >= 0.3 is 12.0 Å². The second kappa shape index (κ2) is 9.16. The third-order valence-electron chi connectivity index (χ3n) is 3.24. The van der Waals surface area contributed by atoms with Crippen molar-refractivity contribution in [3.05, 3.63) is 28.2 Å². The Morgan fingerprint density at radius 2 is 2.04 bits per heavy atom. The summed E-state index contributed by atoms with van der Waals surface area (Å²) >= 11 is 12.9. The Balaban J connectivity index is 2.06. The molecule has 1 unspecified atom stereocenters. The molecule has 0 radical (unpaired) electrons. The number of thioether (sulfide) groups is 1. The van der Waals surface area contributed by atoms with Crippen molar-refractivity contribution in [1.82, 2.24) is 0 Å². The van der Waals surface area contributed by atoms with Gasteiger partial charge < -0.3 is 10.1 Å². The Morgan fingerprint density at radius 3 is 2.73 bits per heavy atom. The number of benzene rings is 1. The molecular weight excluding hydrogens is 401 g/mol. The summed E-state index contributed by atoms with van der Waals surface area (Å²) in [6, 6.07) is 4.14. The fourth-order valence-corrected chi connectivity index (χ4v) is 3.39. The van der Waals surface area contributed by atoms with E-state index in [0.29, 0.717) is 10.7 Å². The molecule has 1 aromatic carbocycles. The molecule has 26 heavy (non-hydrogen) atoms. The van der Waals surface area contributed by atoms with Gasteiger partial charge in [-0.2, -0.15) is 9.98 Å². The third-order valence-corrected chi connectivity index (χ3v) is 5.09. The van der Waals surface area contributed by atoms with Gasteiger partial charge in [0, 0.05) is 5.71 Å². The zero-order valence-corrected chi connectivity index (χ0v) is 16.2. The highest BCUT2D eigenvalue weighted by Gasteiger charge is 2.33. The molecule has 1 heterocycles. The van der Waals surface area contributed by atoms with Gasteiger partial charge in [0.25, 0.3) is 0 Å². The molecule has 0 saturated carbocycles.